The van der Waals surface area contributed by atoms with Gasteiger partial charge in [0, 0.05) is 0 Å². The molecule has 4 rings (SSSR count). The molecular weight excluding hydrogens is 541 g/mol. The van der Waals surface area contributed by atoms with Gasteiger partial charge in [0.15, 0.2) is 0 Å². The predicted octanol–water partition coefficient (Wildman–Crippen LogP) is 4.81. The van der Waals surface area contributed by atoms with Crippen molar-refractivity contribution in [1.29, 1.82) is 0 Å². The van der Waals surface area contributed by atoms with E-state index in [0.29, 0.717) is 10.0 Å². The maximum atomic E-state index is 14.1. The Morgan fingerprint density at radius 1 is 0.833 bits per heavy atom. The number of aryl methyl sites for hydroxylation is 1. The SMILES string of the molecule is Cc1ccc(S(=O)(=O)/C(=C(\[Se]c2ccccc2)c2ccccc2)C(O)c2ccc([N+](=O)[O-])cc2)cc1. The van der Waals surface area contributed by atoms with E-state index in [-0.39, 0.29) is 21.1 Å². The molecule has 0 heterocycles. The number of hydrogen-bond donors (Lipinski definition) is 1. The summed E-state index contributed by atoms with van der Waals surface area (Å²) in [4.78, 5) is 10.5. The molecular formula is C28H23NO5SSe. The van der Waals surface area contributed by atoms with Gasteiger partial charge in [0.05, 0.1) is 0 Å². The van der Waals surface area contributed by atoms with Gasteiger partial charge in [-0.15, -0.1) is 0 Å². The molecule has 6 nitrogen and oxygen atoms in total. The van der Waals surface area contributed by atoms with Gasteiger partial charge in [0.1, 0.15) is 0 Å². The fourth-order valence-electron chi connectivity index (χ4n) is 3.61. The molecule has 0 radical (unpaired) electrons. The Labute approximate surface area is 216 Å². The molecule has 0 saturated heterocycles. The summed E-state index contributed by atoms with van der Waals surface area (Å²) in [6.45, 7) is 1.87. The van der Waals surface area contributed by atoms with E-state index in [2.05, 4.69) is 0 Å². The number of nitrogens with zero attached hydrogens (tertiary/aromatic N) is 1. The molecule has 1 N–H and O–H groups in total. The number of non-ortho nitro benzene ring substituents is 1. The monoisotopic (exact) mass is 565 g/mol. The molecule has 1 atom stereocenters. The van der Waals surface area contributed by atoms with Gasteiger partial charge in [-0.2, -0.15) is 0 Å². The number of hydrogen-bond acceptors (Lipinski definition) is 5. The van der Waals surface area contributed by atoms with Gasteiger partial charge in [-0.3, -0.25) is 0 Å². The molecule has 0 fully saturated rings. The van der Waals surface area contributed by atoms with Crippen LogP contribution in [0.4, 0.5) is 5.69 Å². The molecule has 1 unspecified atom stereocenters. The minimum absolute atomic E-state index is 0.0707. The Morgan fingerprint density at radius 3 is 1.94 bits per heavy atom. The summed E-state index contributed by atoms with van der Waals surface area (Å²) in [5.41, 5.74) is 1.71. The average Bonchev–Trinajstić information content (AvgIpc) is 2.89. The molecule has 0 aliphatic carbocycles. The Balaban J connectivity index is 1.99. The summed E-state index contributed by atoms with van der Waals surface area (Å²) in [5, 5.41) is 22.7. The fourth-order valence-corrected chi connectivity index (χ4v) is 8.15. The van der Waals surface area contributed by atoms with Crippen molar-refractivity contribution in [2.75, 3.05) is 0 Å². The molecule has 0 amide bonds. The van der Waals surface area contributed by atoms with Crippen LogP contribution >= 0.6 is 0 Å². The van der Waals surface area contributed by atoms with Gasteiger partial charge < -0.3 is 0 Å². The normalized spacial score (nSPS) is 13.1. The van der Waals surface area contributed by atoms with E-state index < -0.39 is 35.8 Å². The van der Waals surface area contributed by atoms with Crippen LogP contribution in [0.15, 0.2) is 119 Å². The number of benzene rings is 4. The minimum atomic E-state index is -4.15. The van der Waals surface area contributed by atoms with Crippen LogP contribution < -0.4 is 4.46 Å². The Kier molecular flexibility index (Phi) is 7.81. The molecule has 0 aromatic heterocycles. The van der Waals surface area contributed by atoms with Gasteiger partial charge >= 0.3 is 217 Å². The van der Waals surface area contributed by atoms with Gasteiger partial charge in [0.2, 0.25) is 0 Å². The van der Waals surface area contributed by atoms with Crippen LogP contribution in [0.3, 0.4) is 0 Å². The van der Waals surface area contributed by atoms with Crippen LogP contribution in [-0.4, -0.2) is 33.4 Å². The van der Waals surface area contributed by atoms with E-state index in [4.69, 9.17) is 0 Å². The number of rotatable bonds is 8. The first kappa shape index (κ1) is 25.5. The van der Waals surface area contributed by atoms with E-state index >= 15 is 0 Å². The molecule has 0 aliphatic rings. The van der Waals surface area contributed by atoms with Gasteiger partial charge in [-0.05, 0) is 0 Å². The first-order valence-electron chi connectivity index (χ1n) is 11.0. The van der Waals surface area contributed by atoms with Crippen molar-refractivity contribution in [3.63, 3.8) is 0 Å². The molecule has 0 spiro atoms. The predicted molar refractivity (Wildman–Crippen MR) is 142 cm³/mol. The van der Waals surface area contributed by atoms with Crippen LogP contribution in [0.5, 0.6) is 0 Å². The fraction of sp³-hybridized carbons (Fsp3) is 0.0714. The van der Waals surface area contributed by atoms with Crippen LogP contribution in [0.25, 0.3) is 4.47 Å². The number of aliphatic hydroxyl groups excluding tert-OH is 1. The third-order valence-electron chi connectivity index (χ3n) is 5.51. The van der Waals surface area contributed by atoms with Gasteiger partial charge in [0.25, 0.3) is 0 Å². The first-order valence-corrected chi connectivity index (χ1v) is 14.2. The van der Waals surface area contributed by atoms with E-state index in [0.717, 1.165) is 10.0 Å². The summed E-state index contributed by atoms with van der Waals surface area (Å²) >= 11 is -0.475. The third kappa shape index (κ3) is 5.64. The Bertz CT molecular complexity index is 1490. The summed E-state index contributed by atoms with van der Waals surface area (Å²) in [7, 11) is -4.15. The van der Waals surface area contributed by atoms with E-state index in [1.54, 1.807) is 12.1 Å². The quantitative estimate of drug-likeness (QED) is 0.188. The molecule has 36 heavy (non-hydrogen) atoms. The van der Waals surface area contributed by atoms with Crippen molar-refractivity contribution < 1.29 is 18.4 Å². The molecule has 4 aromatic rings. The second kappa shape index (κ2) is 11.0. The van der Waals surface area contributed by atoms with Crippen LogP contribution in [0.1, 0.15) is 22.8 Å². The van der Waals surface area contributed by atoms with Crippen LogP contribution in [-0.2, 0) is 9.84 Å². The molecule has 4 aromatic carbocycles. The molecule has 0 saturated carbocycles. The summed E-state index contributed by atoms with van der Waals surface area (Å²) in [6, 6.07) is 30.5. The number of nitro groups is 1. The van der Waals surface area contributed by atoms with Gasteiger partial charge in [-0.25, -0.2) is 0 Å². The van der Waals surface area contributed by atoms with E-state index in [1.807, 2.05) is 67.6 Å². The standard InChI is InChI=1S/C28H23NO5SSe/c1-20-12-18-24(19-13-20)35(33,34)27(26(30)21-14-16-23(17-15-21)29(31)32)28(22-8-4-2-5-9-22)36-25-10-6-3-7-11-25/h2-19,26,30H,1H3/b28-27-. The molecule has 0 aliphatic heterocycles. The van der Waals surface area contributed by atoms with Crippen LogP contribution in [0, 0.1) is 17.0 Å². The van der Waals surface area contributed by atoms with Crippen molar-refractivity contribution in [2.24, 2.45) is 0 Å². The molecule has 8 heteroatoms. The zero-order valence-corrected chi connectivity index (χ0v) is 21.8. The summed E-state index contributed by atoms with van der Waals surface area (Å²) in [6.07, 6.45) is -1.53. The van der Waals surface area contributed by atoms with Crippen molar-refractivity contribution in [3.05, 3.63) is 141 Å². The van der Waals surface area contributed by atoms with Crippen molar-refractivity contribution in [1.82, 2.24) is 0 Å². The Morgan fingerprint density at radius 2 is 1.39 bits per heavy atom. The second-order valence-electron chi connectivity index (χ2n) is 8.04. The molecule has 0 bridgehead atoms. The first-order chi connectivity index (χ1) is 17.3. The average molecular weight is 565 g/mol. The van der Waals surface area contributed by atoms with E-state index in [9.17, 15) is 23.6 Å². The second-order valence-corrected chi connectivity index (χ2v) is 12.2. The van der Waals surface area contributed by atoms with Crippen molar-refractivity contribution >= 4 is 39.4 Å². The van der Waals surface area contributed by atoms with Crippen molar-refractivity contribution in [2.45, 2.75) is 17.9 Å². The zero-order chi connectivity index (χ0) is 25.7. The van der Waals surface area contributed by atoms with Crippen LogP contribution in [0.2, 0.25) is 0 Å². The topological polar surface area (TPSA) is 97.5 Å². The number of sulfone groups is 1. The van der Waals surface area contributed by atoms with Crippen molar-refractivity contribution in [3.8, 4) is 0 Å². The maximum absolute atomic E-state index is 14.1. The summed E-state index contributed by atoms with van der Waals surface area (Å²) in [5.74, 6) is 0. The number of aliphatic hydroxyl groups is 1. The zero-order valence-electron chi connectivity index (χ0n) is 19.3. The summed E-state index contributed by atoms with van der Waals surface area (Å²) < 4.78 is 29.7. The molecule has 182 valence electrons. The number of nitro benzene ring substituents is 1. The third-order valence-corrected chi connectivity index (χ3v) is 10.2. The van der Waals surface area contributed by atoms with Gasteiger partial charge in [-0.1, -0.05) is 0 Å². The van der Waals surface area contributed by atoms with E-state index in [1.165, 1.54) is 36.4 Å². The Hall–Kier alpha value is -3.55.